The van der Waals surface area contributed by atoms with Crippen LogP contribution in [0.25, 0.3) is 0 Å². The predicted octanol–water partition coefficient (Wildman–Crippen LogP) is 4.21. The first-order valence-electron chi connectivity index (χ1n) is 11.2. The molecule has 1 aromatic carbocycles. The van der Waals surface area contributed by atoms with E-state index in [4.69, 9.17) is 21.1 Å². The molecule has 0 spiro atoms. The molecule has 1 aliphatic rings. The van der Waals surface area contributed by atoms with Crippen LogP contribution in [0.5, 0.6) is 0 Å². The number of nitrogens with zero attached hydrogens (tertiary/aromatic N) is 2. The summed E-state index contributed by atoms with van der Waals surface area (Å²) in [5.41, 5.74) is -0.782. The quantitative estimate of drug-likeness (QED) is 0.414. The first-order valence-corrected chi connectivity index (χ1v) is 12.5. The number of amides is 1. The molecule has 13 heteroatoms. The smallest absolute Gasteiger partial charge is 0.408 e. The summed E-state index contributed by atoms with van der Waals surface area (Å²) < 4.78 is 24.1. The maximum atomic E-state index is 13.7. The van der Waals surface area contributed by atoms with Crippen LogP contribution in [0.15, 0.2) is 46.0 Å². The third kappa shape index (κ3) is 7.26. The zero-order chi connectivity index (χ0) is 27.3. The third-order valence-corrected chi connectivity index (χ3v) is 6.03. The summed E-state index contributed by atoms with van der Waals surface area (Å²) in [4.78, 5) is 46.4. The average molecular weight is 553 g/mol. The number of carbonyl (C=O) groups is 3. The van der Waals surface area contributed by atoms with E-state index in [1.54, 1.807) is 39.3 Å². The van der Waals surface area contributed by atoms with E-state index in [2.05, 4.69) is 20.6 Å². The minimum Gasteiger partial charge on any atom is -0.478 e. The average Bonchev–Trinajstić information content (AvgIpc) is 3.32. The van der Waals surface area contributed by atoms with Gasteiger partial charge in [-0.1, -0.05) is 17.7 Å². The first kappa shape index (κ1) is 28.1. The Balaban J connectivity index is 2.09. The molecule has 1 aromatic heterocycles. The topological polar surface area (TPSA) is 139 Å². The van der Waals surface area contributed by atoms with E-state index in [1.807, 2.05) is 0 Å². The highest BCUT2D eigenvalue weighted by Gasteiger charge is 2.36. The number of hydrogen-bond donors (Lipinski definition) is 3. The van der Waals surface area contributed by atoms with E-state index in [0.717, 1.165) is 12.1 Å². The number of ether oxygens (including phenoxy) is 2. The molecule has 3 rings (SSSR count). The van der Waals surface area contributed by atoms with Gasteiger partial charge in [0.2, 0.25) is 0 Å². The van der Waals surface area contributed by atoms with Gasteiger partial charge in [-0.05, 0) is 39.8 Å². The lowest BCUT2D eigenvalue weighted by molar-refractivity contribution is -0.145. The fourth-order valence-corrected chi connectivity index (χ4v) is 4.35. The van der Waals surface area contributed by atoms with Gasteiger partial charge in [0.1, 0.15) is 23.5 Å². The number of alkyl carbamates (subject to hydrolysis) is 1. The molecule has 1 aliphatic heterocycles. The fraction of sp³-hybridized carbons (Fsp3) is 0.375. The number of halogens is 2. The minimum absolute atomic E-state index is 0.0268. The lowest BCUT2D eigenvalue weighted by Crippen LogP contribution is -2.46. The van der Waals surface area contributed by atoms with Crippen molar-refractivity contribution in [1.29, 1.82) is 0 Å². The van der Waals surface area contributed by atoms with Gasteiger partial charge in [0.15, 0.2) is 10.8 Å². The second-order valence-corrected chi connectivity index (χ2v) is 10.2. The van der Waals surface area contributed by atoms with Crippen LogP contribution in [-0.2, 0) is 19.1 Å². The Morgan fingerprint density at radius 3 is 2.62 bits per heavy atom. The molecule has 10 nitrogen and oxygen atoms in total. The summed E-state index contributed by atoms with van der Waals surface area (Å²) >= 11 is 7.52. The highest BCUT2D eigenvalue weighted by molar-refractivity contribution is 7.11. The largest absolute Gasteiger partial charge is 0.478 e. The summed E-state index contributed by atoms with van der Waals surface area (Å²) in [6.45, 7) is 6.61. The van der Waals surface area contributed by atoms with Gasteiger partial charge in [-0.3, -0.25) is 4.99 Å². The molecular formula is C24H26ClFN4O6S. The van der Waals surface area contributed by atoms with E-state index in [0.29, 0.717) is 5.01 Å². The molecule has 198 valence electrons. The van der Waals surface area contributed by atoms with Crippen LogP contribution < -0.4 is 10.6 Å². The van der Waals surface area contributed by atoms with Crippen LogP contribution in [0, 0.1) is 5.82 Å². The Morgan fingerprint density at radius 2 is 2.05 bits per heavy atom. The van der Waals surface area contributed by atoms with Crippen molar-refractivity contribution in [3.63, 3.8) is 0 Å². The summed E-state index contributed by atoms with van der Waals surface area (Å²) in [6.07, 6.45) is 0.358. The van der Waals surface area contributed by atoms with Crippen molar-refractivity contribution in [2.24, 2.45) is 4.99 Å². The summed E-state index contributed by atoms with van der Waals surface area (Å²) in [5.74, 6) is -2.52. The van der Waals surface area contributed by atoms with Crippen LogP contribution in [0.3, 0.4) is 0 Å². The number of benzene rings is 1. The molecule has 2 atom stereocenters. The van der Waals surface area contributed by atoms with E-state index >= 15 is 0 Å². The van der Waals surface area contributed by atoms with E-state index in [1.165, 1.54) is 17.4 Å². The van der Waals surface area contributed by atoms with Crippen molar-refractivity contribution >= 4 is 46.8 Å². The standard InChI is InChI=1S/C24H26ClFN4O6S/c1-5-35-22(33)16(29-23(34)36-24(2,3)4)11-15-17(21(31)32)18(13-7-6-12(26)10-14(13)25)30-19(28-15)20-27-8-9-37-20/h6-10,16,18H,5,11H2,1-4H3,(H,28,30)(H,29,34)(H,31,32). The van der Waals surface area contributed by atoms with Crippen LogP contribution in [-0.4, -0.2) is 52.2 Å². The number of carboxylic acid groups (broad SMARTS) is 1. The number of hydrogen-bond acceptors (Lipinski definition) is 9. The Kier molecular flexibility index (Phi) is 8.87. The van der Waals surface area contributed by atoms with Gasteiger partial charge in [0, 0.05) is 34.3 Å². The Morgan fingerprint density at radius 1 is 1.32 bits per heavy atom. The molecule has 2 heterocycles. The lowest BCUT2D eigenvalue weighted by atomic mass is 9.93. The predicted molar refractivity (Wildman–Crippen MR) is 135 cm³/mol. The van der Waals surface area contributed by atoms with Crippen LogP contribution in [0.4, 0.5) is 9.18 Å². The molecule has 0 bridgehead atoms. The molecule has 0 saturated carbocycles. The second kappa shape index (κ2) is 11.7. The molecule has 2 aromatic rings. The summed E-state index contributed by atoms with van der Waals surface area (Å²) in [7, 11) is 0. The number of nitrogens with one attached hydrogen (secondary N) is 2. The number of rotatable bonds is 8. The fourth-order valence-electron chi connectivity index (χ4n) is 3.50. The molecule has 37 heavy (non-hydrogen) atoms. The van der Waals surface area contributed by atoms with E-state index in [9.17, 15) is 23.9 Å². The van der Waals surface area contributed by atoms with Gasteiger partial charge in [0.05, 0.1) is 12.2 Å². The number of esters is 1. The molecule has 0 aliphatic carbocycles. The maximum Gasteiger partial charge on any atom is 0.408 e. The normalized spacial score (nSPS) is 16.4. The molecule has 0 fully saturated rings. The first-order chi connectivity index (χ1) is 17.4. The number of carbonyl (C=O) groups excluding carboxylic acids is 2. The molecule has 3 N–H and O–H groups in total. The van der Waals surface area contributed by atoms with Gasteiger partial charge in [-0.15, -0.1) is 11.3 Å². The van der Waals surface area contributed by atoms with E-state index < -0.39 is 41.5 Å². The minimum atomic E-state index is -1.35. The van der Waals surface area contributed by atoms with Crippen molar-refractivity contribution < 1.29 is 33.4 Å². The lowest BCUT2D eigenvalue weighted by Gasteiger charge is -2.29. The number of carboxylic acids is 1. The number of aliphatic imine (C=N–C) groups is 1. The second-order valence-electron chi connectivity index (χ2n) is 8.86. The van der Waals surface area contributed by atoms with Gasteiger partial charge >= 0.3 is 18.0 Å². The molecule has 1 amide bonds. The highest BCUT2D eigenvalue weighted by atomic mass is 35.5. The van der Waals surface area contributed by atoms with Gasteiger partial charge in [-0.25, -0.2) is 23.8 Å². The van der Waals surface area contributed by atoms with Crippen LogP contribution >= 0.6 is 22.9 Å². The highest BCUT2D eigenvalue weighted by Crippen LogP contribution is 2.37. The summed E-state index contributed by atoms with van der Waals surface area (Å²) in [6, 6.07) is 1.09. The number of aliphatic carboxylic acids is 1. The van der Waals surface area contributed by atoms with Crippen molar-refractivity contribution in [1.82, 2.24) is 15.6 Å². The van der Waals surface area contributed by atoms with Crippen molar-refractivity contribution in [3.05, 3.63) is 62.5 Å². The number of amidine groups is 1. The Bertz CT molecular complexity index is 1240. The third-order valence-electron chi connectivity index (χ3n) is 4.92. The van der Waals surface area contributed by atoms with Gasteiger partial charge < -0.3 is 25.2 Å². The molecular weight excluding hydrogens is 527 g/mol. The zero-order valence-electron chi connectivity index (χ0n) is 20.5. The van der Waals surface area contributed by atoms with E-state index in [-0.39, 0.29) is 40.7 Å². The Hall–Kier alpha value is -3.51. The van der Waals surface area contributed by atoms with Crippen LogP contribution in [0.2, 0.25) is 5.02 Å². The van der Waals surface area contributed by atoms with Crippen molar-refractivity contribution in [2.45, 2.75) is 51.8 Å². The molecule has 0 radical (unpaired) electrons. The maximum absolute atomic E-state index is 13.7. The van der Waals surface area contributed by atoms with Crippen LogP contribution in [0.1, 0.15) is 50.7 Å². The van der Waals surface area contributed by atoms with Crippen molar-refractivity contribution in [2.75, 3.05) is 6.61 Å². The zero-order valence-corrected chi connectivity index (χ0v) is 22.1. The molecule has 0 saturated heterocycles. The molecule has 2 unspecified atom stereocenters. The summed E-state index contributed by atoms with van der Waals surface area (Å²) in [5, 5.41) is 17.7. The SMILES string of the molecule is CCOC(=O)C(CC1=C(C(=O)O)C(c2ccc(F)cc2Cl)N=C(c2nccs2)N1)NC(=O)OC(C)(C)C. The number of aromatic nitrogens is 1. The van der Waals surface area contributed by atoms with Gasteiger partial charge in [0.25, 0.3) is 0 Å². The van der Waals surface area contributed by atoms with Crippen molar-refractivity contribution in [3.8, 4) is 0 Å². The Labute approximate surface area is 221 Å². The monoisotopic (exact) mass is 552 g/mol. The number of thiazole rings is 1. The van der Waals surface area contributed by atoms with Gasteiger partial charge in [-0.2, -0.15) is 0 Å².